The molecule has 1 aliphatic heterocycles. The Balaban J connectivity index is 2.23. The monoisotopic (exact) mass is 161 g/mol. The van der Waals surface area contributed by atoms with Gasteiger partial charge in [0.2, 0.25) is 0 Å². The average molecular weight is 161 g/mol. The van der Waals surface area contributed by atoms with Gasteiger partial charge in [0.15, 0.2) is 0 Å². The largest absolute Gasteiger partial charge is 0.382 e. The van der Waals surface area contributed by atoms with Crippen LogP contribution in [0.2, 0.25) is 0 Å². The van der Waals surface area contributed by atoms with Crippen LogP contribution in [-0.2, 0) is 6.42 Å². The molecule has 0 bridgehead atoms. The zero-order valence-corrected chi connectivity index (χ0v) is 7.51. The Morgan fingerprint density at radius 2 is 2.25 bits per heavy atom. The molecule has 0 amide bonds. The van der Waals surface area contributed by atoms with E-state index in [4.69, 9.17) is 0 Å². The molecular weight excluding hydrogens is 146 g/mol. The van der Waals surface area contributed by atoms with Gasteiger partial charge < -0.3 is 5.32 Å². The van der Waals surface area contributed by atoms with Crippen molar-refractivity contribution in [3.63, 3.8) is 0 Å². The molecule has 1 nitrogen and oxygen atoms in total. The van der Waals surface area contributed by atoms with Crippen molar-refractivity contribution in [2.75, 3.05) is 5.32 Å². The van der Waals surface area contributed by atoms with Crippen LogP contribution in [0.1, 0.15) is 25.3 Å². The molecule has 1 aromatic carbocycles. The summed E-state index contributed by atoms with van der Waals surface area (Å²) in [6.07, 6.45) is 3.75. The van der Waals surface area contributed by atoms with E-state index in [-0.39, 0.29) is 0 Å². The fraction of sp³-hybridized carbons (Fsp3) is 0.455. The summed E-state index contributed by atoms with van der Waals surface area (Å²) in [7, 11) is 0. The molecule has 0 unspecified atom stereocenters. The Morgan fingerprint density at radius 1 is 1.42 bits per heavy atom. The normalized spacial score (nSPS) is 21.2. The fourth-order valence-corrected chi connectivity index (χ4v) is 1.81. The predicted octanol–water partition coefficient (Wildman–Crippen LogP) is 2.82. The fourth-order valence-electron chi connectivity index (χ4n) is 1.81. The summed E-state index contributed by atoms with van der Waals surface area (Å²) < 4.78 is 0. The predicted molar refractivity (Wildman–Crippen MR) is 52.5 cm³/mol. The lowest BCUT2D eigenvalue weighted by molar-refractivity contribution is 0.614. The Hall–Kier alpha value is -0.980. The van der Waals surface area contributed by atoms with E-state index in [9.17, 15) is 0 Å². The van der Waals surface area contributed by atoms with Gasteiger partial charge in [-0.25, -0.2) is 0 Å². The van der Waals surface area contributed by atoms with Gasteiger partial charge in [-0.3, -0.25) is 0 Å². The number of hydrogen-bond donors (Lipinski definition) is 1. The second kappa shape index (κ2) is 3.18. The molecular formula is C11H15N. The summed E-state index contributed by atoms with van der Waals surface area (Å²) in [5, 5.41) is 3.55. The zero-order chi connectivity index (χ0) is 8.39. The van der Waals surface area contributed by atoms with Crippen LogP contribution in [0.5, 0.6) is 0 Å². The van der Waals surface area contributed by atoms with Gasteiger partial charge >= 0.3 is 0 Å². The third-order valence-electron chi connectivity index (χ3n) is 2.63. The molecule has 64 valence electrons. The van der Waals surface area contributed by atoms with E-state index in [1.165, 1.54) is 30.5 Å². The lowest BCUT2D eigenvalue weighted by atomic mass is 9.97. The molecule has 0 saturated heterocycles. The highest BCUT2D eigenvalue weighted by Crippen LogP contribution is 2.24. The molecule has 12 heavy (non-hydrogen) atoms. The van der Waals surface area contributed by atoms with Crippen LogP contribution in [0.4, 0.5) is 5.69 Å². The number of para-hydroxylation sites is 1. The minimum atomic E-state index is 0.694. The molecule has 0 saturated carbocycles. The smallest absolute Gasteiger partial charge is 0.0374 e. The second-order valence-electron chi connectivity index (χ2n) is 3.45. The zero-order valence-electron chi connectivity index (χ0n) is 7.51. The van der Waals surface area contributed by atoms with Crippen molar-refractivity contribution < 1.29 is 0 Å². The molecule has 1 atom stereocenters. The molecule has 1 aliphatic rings. The molecule has 0 fully saturated rings. The van der Waals surface area contributed by atoms with Gasteiger partial charge in [0.1, 0.15) is 0 Å². The van der Waals surface area contributed by atoms with E-state index in [1.807, 2.05) is 0 Å². The van der Waals surface area contributed by atoms with E-state index < -0.39 is 0 Å². The van der Waals surface area contributed by atoms with Crippen LogP contribution >= 0.6 is 0 Å². The molecule has 0 aromatic heterocycles. The Labute approximate surface area is 73.8 Å². The van der Waals surface area contributed by atoms with Crippen LogP contribution in [0.25, 0.3) is 0 Å². The van der Waals surface area contributed by atoms with Crippen molar-refractivity contribution in [2.45, 2.75) is 32.2 Å². The summed E-state index contributed by atoms with van der Waals surface area (Å²) in [6.45, 7) is 2.24. The number of aryl methyl sites for hydroxylation is 1. The van der Waals surface area contributed by atoms with E-state index >= 15 is 0 Å². The first-order valence-electron chi connectivity index (χ1n) is 4.74. The van der Waals surface area contributed by atoms with Crippen LogP contribution in [0.15, 0.2) is 24.3 Å². The second-order valence-corrected chi connectivity index (χ2v) is 3.45. The van der Waals surface area contributed by atoms with Crippen LogP contribution in [0.3, 0.4) is 0 Å². The Morgan fingerprint density at radius 3 is 3.08 bits per heavy atom. The quantitative estimate of drug-likeness (QED) is 0.667. The molecule has 1 heterocycles. The minimum absolute atomic E-state index is 0.694. The highest BCUT2D eigenvalue weighted by molar-refractivity contribution is 5.53. The van der Waals surface area contributed by atoms with Crippen molar-refractivity contribution in [3.05, 3.63) is 29.8 Å². The van der Waals surface area contributed by atoms with Gasteiger partial charge in [-0.15, -0.1) is 0 Å². The topological polar surface area (TPSA) is 12.0 Å². The summed E-state index contributed by atoms with van der Waals surface area (Å²) in [5.74, 6) is 0. The van der Waals surface area contributed by atoms with Crippen LogP contribution < -0.4 is 5.32 Å². The number of nitrogens with one attached hydrogen (secondary N) is 1. The maximum Gasteiger partial charge on any atom is 0.0374 e. The third kappa shape index (κ3) is 1.31. The van der Waals surface area contributed by atoms with Crippen LogP contribution in [0, 0.1) is 0 Å². The summed E-state index contributed by atoms with van der Waals surface area (Å²) in [4.78, 5) is 0. The van der Waals surface area contributed by atoms with E-state index in [0.29, 0.717) is 6.04 Å². The van der Waals surface area contributed by atoms with Crippen molar-refractivity contribution in [1.29, 1.82) is 0 Å². The number of fused-ring (bicyclic) bond motifs is 1. The number of rotatable bonds is 1. The first-order valence-corrected chi connectivity index (χ1v) is 4.74. The van der Waals surface area contributed by atoms with Crippen molar-refractivity contribution in [2.24, 2.45) is 0 Å². The first-order chi connectivity index (χ1) is 5.90. The third-order valence-corrected chi connectivity index (χ3v) is 2.63. The molecule has 1 N–H and O–H groups in total. The lowest BCUT2D eigenvalue weighted by Crippen LogP contribution is -2.24. The van der Waals surface area contributed by atoms with Gasteiger partial charge in [0.25, 0.3) is 0 Å². The number of benzene rings is 1. The molecule has 1 heteroatoms. The first kappa shape index (κ1) is 7.66. The summed E-state index contributed by atoms with van der Waals surface area (Å²) >= 11 is 0. The Bertz CT molecular complexity index is 267. The SMILES string of the molecule is CC[C@H]1CCc2ccccc2N1. The van der Waals surface area contributed by atoms with Gasteiger partial charge in [-0.2, -0.15) is 0 Å². The van der Waals surface area contributed by atoms with Crippen molar-refractivity contribution >= 4 is 5.69 Å². The van der Waals surface area contributed by atoms with E-state index in [2.05, 4.69) is 36.5 Å². The van der Waals surface area contributed by atoms with Gasteiger partial charge in [0, 0.05) is 11.7 Å². The summed E-state index contributed by atoms with van der Waals surface area (Å²) in [6, 6.07) is 9.31. The van der Waals surface area contributed by atoms with Crippen molar-refractivity contribution in [3.8, 4) is 0 Å². The molecule has 0 aliphatic carbocycles. The lowest BCUT2D eigenvalue weighted by Gasteiger charge is -2.25. The molecule has 2 rings (SSSR count). The highest BCUT2D eigenvalue weighted by Gasteiger charge is 2.14. The standard InChI is InChI=1S/C11H15N/c1-2-10-8-7-9-5-3-4-6-11(9)12-10/h3-6,10,12H,2,7-8H2,1H3/t10-/m0/s1. The molecule has 1 aromatic rings. The van der Waals surface area contributed by atoms with Crippen LogP contribution in [-0.4, -0.2) is 6.04 Å². The van der Waals surface area contributed by atoms with Gasteiger partial charge in [0.05, 0.1) is 0 Å². The number of anilines is 1. The maximum absolute atomic E-state index is 3.55. The minimum Gasteiger partial charge on any atom is -0.382 e. The maximum atomic E-state index is 3.55. The Kier molecular flexibility index (Phi) is 2.03. The van der Waals surface area contributed by atoms with Gasteiger partial charge in [-0.05, 0) is 30.9 Å². The average Bonchev–Trinajstić information content (AvgIpc) is 2.17. The molecule has 0 radical (unpaired) electrons. The van der Waals surface area contributed by atoms with Crippen molar-refractivity contribution in [1.82, 2.24) is 0 Å². The van der Waals surface area contributed by atoms with Gasteiger partial charge in [-0.1, -0.05) is 25.1 Å². The highest BCUT2D eigenvalue weighted by atomic mass is 14.9. The van der Waals surface area contributed by atoms with E-state index in [0.717, 1.165) is 0 Å². The summed E-state index contributed by atoms with van der Waals surface area (Å²) in [5.41, 5.74) is 2.82. The number of hydrogen-bond acceptors (Lipinski definition) is 1. The van der Waals surface area contributed by atoms with E-state index in [1.54, 1.807) is 0 Å². The molecule has 0 spiro atoms.